The SMILES string of the molecule is CCOC(=O)C1=CCN(S(=O)(=O)c2ccc(C)cc2)[C@@H]1c1cccc([N+](=O)[O-])c1. The number of hydrogen-bond acceptors (Lipinski definition) is 6. The molecule has 0 bridgehead atoms. The molecule has 0 N–H and O–H groups in total. The van der Waals surface area contributed by atoms with Crippen molar-refractivity contribution in [3.05, 3.63) is 81.4 Å². The fraction of sp³-hybridized carbons (Fsp3) is 0.250. The van der Waals surface area contributed by atoms with Crippen LogP contribution in [-0.2, 0) is 19.6 Å². The third-order valence-corrected chi connectivity index (χ3v) is 6.45. The first-order valence-corrected chi connectivity index (χ1v) is 10.4. The van der Waals surface area contributed by atoms with E-state index < -0.39 is 27.0 Å². The first-order valence-electron chi connectivity index (χ1n) is 8.95. The minimum atomic E-state index is -3.96. The second kappa shape index (κ2) is 8.14. The minimum Gasteiger partial charge on any atom is -0.463 e. The van der Waals surface area contributed by atoms with Crippen LogP contribution in [0, 0.1) is 17.0 Å². The smallest absolute Gasteiger partial charge is 0.335 e. The zero-order valence-corrected chi connectivity index (χ0v) is 16.8. The van der Waals surface area contributed by atoms with E-state index in [1.54, 1.807) is 25.1 Å². The number of nitrogens with zero attached hydrogens (tertiary/aromatic N) is 2. The van der Waals surface area contributed by atoms with Crippen molar-refractivity contribution < 1.29 is 22.9 Å². The first kappa shape index (κ1) is 20.7. The largest absolute Gasteiger partial charge is 0.463 e. The number of aryl methyl sites for hydroxylation is 1. The molecule has 0 spiro atoms. The van der Waals surface area contributed by atoms with Gasteiger partial charge in [-0.05, 0) is 31.5 Å². The Hall–Kier alpha value is -3.04. The molecular weight excluding hydrogens is 396 g/mol. The zero-order chi connectivity index (χ0) is 21.2. The van der Waals surface area contributed by atoms with Crippen LogP contribution in [-0.4, -0.2) is 36.8 Å². The molecule has 0 aliphatic carbocycles. The molecule has 0 aromatic heterocycles. The Morgan fingerprint density at radius 3 is 2.55 bits per heavy atom. The molecule has 0 fully saturated rings. The van der Waals surface area contributed by atoms with E-state index in [2.05, 4.69) is 0 Å². The molecule has 2 aromatic rings. The van der Waals surface area contributed by atoms with Gasteiger partial charge < -0.3 is 4.74 Å². The lowest BCUT2D eigenvalue weighted by atomic mass is 10.0. The van der Waals surface area contributed by atoms with Crippen LogP contribution in [0.5, 0.6) is 0 Å². The predicted octanol–water partition coefficient (Wildman–Crippen LogP) is 3.14. The number of nitro groups is 1. The van der Waals surface area contributed by atoms with Crippen LogP contribution in [0.25, 0.3) is 0 Å². The fourth-order valence-electron chi connectivity index (χ4n) is 3.21. The molecule has 0 unspecified atom stereocenters. The molecule has 2 aromatic carbocycles. The molecule has 8 nitrogen and oxygen atoms in total. The van der Waals surface area contributed by atoms with Crippen molar-refractivity contribution in [2.45, 2.75) is 24.8 Å². The van der Waals surface area contributed by atoms with E-state index in [0.29, 0.717) is 5.56 Å². The summed E-state index contributed by atoms with van der Waals surface area (Å²) in [6.45, 7) is 3.58. The van der Waals surface area contributed by atoms with Gasteiger partial charge in [0.25, 0.3) is 5.69 Å². The van der Waals surface area contributed by atoms with E-state index in [9.17, 15) is 23.3 Å². The average molecular weight is 416 g/mol. The van der Waals surface area contributed by atoms with E-state index in [4.69, 9.17) is 4.74 Å². The van der Waals surface area contributed by atoms with Gasteiger partial charge in [-0.15, -0.1) is 0 Å². The Kier molecular flexibility index (Phi) is 5.81. The van der Waals surface area contributed by atoms with Crippen molar-refractivity contribution in [3.8, 4) is 0 Å². The number of ether oxygens (including phenoxy) is 1. The van der Waals surface area contributed by atoms with Crippen molar-refractivity contribution >= 4 is 21.7 Å². The lowest BCUT2D eigenvalue weighted by molar-refractivity contribution is -0.384. The second-order valence-corrected chi connectivity index (χ2v) is 8.41. The standard InChI is InChI=1S/C20H20N2O6S/c1-3-28-20(23)18-11-12-21(29(26,27)17-9-7-14(2)8-10-17)19(18)15-5-4-6-16(13-15)22(24)25/h4-11,13,19H,3,12H2,1-2H3/t19-/m1/s1. The topological polar surface area (TPSA) is 107 Å². The highest BCUT2D eigenvalue weighted by atomic mass is 32.2. The van der Waals surface area contributed by atoms with Gasteiger partial charge in [-0.25, -0.2) is 13.2 Å². The summed E-state index contributed by atoms with van der Waals surface area (Å²) in [4.78, 5) is 23.2. The number of carbonyl (C=O) groups is 1. The van der Waals surface area contributed by atoms with Crippen molar-refractivity contribution in [1.82, 2.24) is 4.31 Å². The molecule has 0 saturated heterocycles. The summed E-state index contributed by atoms with van der Waals surface area (Å²) < 4.78 is 32.8. The lowest BCUT2D eigenvalue weighted by Crippen LogP contribution is -2.33. The molecule has 3 rings (SSSR count). The molecule has 9 heteroatoms. The highest BCUT2D eigenvalue weighted by Gasteiger charge is 2.41. The first-order chi connectivity index (χ1) is 13.8. The van der Waals surface area contributed by atoms with E-state index in [-0.39, 0.29) is 29.3 Å². The van der Waals surface area contributed by atoms with Gasteiger partial charge in [0.2, 0.25) is 10.0 Å². The van der Waals surface area contributed by atoms with E-state index in [0.717, 1.165) is 9.87 Å². The van der Waals surface area contributed by atoms with Gasteiger partial charge in [0.05, 0.1) is 28.0 Å². The molecule has 152 valence electrons. The second-order valence-electron chi connectivity index (χ2n) is 6.52. The summed E-state index contributed by atoms with van der Waals surface area (Å²) in [5.41, 5.74) is 1.19. The highest BCUT2D eigenvalue weighted by Crippen LogP contribution is 2.39. The maximum atomic E-state index is 13.3. The van der Waals surface area contributed by atoms with Crippen molar-refractivity contribution in [3.63, 3.8) is 0 Å². The number of rotatable bonds is 6. The van der Waals surface area contributed by atoms with Gasteiger partial charge in [0, 0.05) is 18.7 Å². The molecule has 0 saturated carbocycles. The summed E-state index contributed by atoms with van der Waals surface area (Å²) in [5.74, 6) is -0.648. The maximum absolute atomic E-state index is 13.3. The van der Waals surface area contributed by atoms with Gasteiger partial charge in [0.15, 0.2) is 0 Å². The van der Waals surface area contributed by atoms with Gasteiger partial charge in [0.1, 0.15) is 0 Å². The number of esters is 1. The zero-order valence-electron chi connectivity index (χ0n) is 15.9. The summed E-state index contributed by atoms with van der Waals surface area (Å²) >= 11 is 0. The molecule has 29 heavy (non-hydrogen) atoms. The fourth-order valence-corrected chi connectivity index (χ4v) is 4.74. The van der Waals surface area contributed by atoms with Crippen molar-refractivity contribution in [2.75, 3.05) is 13.2 Å². The molecule has 1 aliphatic rings. The van der Waals surface area contributed by atoms with Crippen molar-refractivity contribution in [2.24, 2.45) is 0 Å². The van der Waals surface area contributed by atoms with Crippen molar-refractivity contribution in [1.29, 1.82) is 0 Å². The van der Waals surface area contributed by atoms with Gasteiger partial charge in [-0.2, -0.15) is 4.31 Å². The van der Waals surface area contributed by atoms with Crippen LogP contribution >= 0.6 is 0 Å². The average Bonchev–Trinajstić information content (AvgIpc) is 3.15. The maximum Gasteiger partial charge on any atom is 0.335 e. The highest BCUT2D eigenvalue weighted by molar-refractivity contribution is 7.89. The van der Waals surface area contributed by atoms with E-state index in [1.807, 2.05) is 6.92 Å². The number of carbonyl (C=O) groups excluding carboxylic acids is 1. The molecule has 1 aliphatic heterocycles. The van der Waals surface area contributed by atoms with Gasteiger partial charge in [-0.3, -0.25) is 10.1 Å². The van der Waals surface area contributed by atoms with Gasteiger partial charge >= 0.3 is 5.97 Å². The van der Waals surface area contributed by atoms with Crippen LogP contribution in [0.1, 0.15) is 24.1 Å². The lowest BCUT2D eigenvalue weighted by Gasteiger charge is -2.26. The molecule has 0 radical (unpaired) electrons. The van der Waals surface area contributed by atoms with E-state index in [1.165, 1.54) is 36.4 Å². The third kappa shape index (κ3) is 4.06. The quantitative estimate of drug-likeness (QED) is 0.407. The Labute approximate surface area is 168 Å². The Morgan fingerprint density at radius 2 is 1.93 bits per heavy atom. The number of benzene rings is 2. The molecule has 1 atom stereocenters. The van der Waals surface area contributed by atoms with E-state index >= 15 is 0 Å². The number of hydrogen-bond donors (Lipinski definition) is 0. The molecular formula is C20H20N2O6S. The number of non-ortho nitro benzene ring substituents is 1. The minimum absolute atomic E-state index is 0.0439. The summed E-state index contributed by atoms with van der Waals surface area (Å²) in [5, 5.41) is 11.2. The monoisotopic (exact) mass is 416 g/mol. The summed E-state index contributed by atoms with van der Waals surface area (Å²) in [7, 11) is -3.96. The van der Waals surface area contributed by atoms with Crippen LogP contribution in [0.15, 0.2) is 65.1 Å². The summed E-state index contributed by atoms with van der Waals surface area (Å²) in [6, 6.07) is 11.0. The summed E-state index contributed by atoms with van der Waals surface area (Å²) in [6.07, 6.45) is 1.49. The number of nitro benzene ring substituents is 1. The van der Waals surface area contributed by atoms with Crippen LogP contribution in [0.3, 0.4) is 0 Å². The van der Waals surface area contributed by atoms with Crippen LogP contribution < -0.4 is 0 Å². The van der Waals surface area contributed by atoms with Crippen LogP contribution in [0.2, 0.25) is 0 Å². The number of sulfonamides is 1. The van der Waals surface area contributed by atoms with Gasteiger partial charge in [-0.1, -0.05) is 35.9 Å². The molecule has 0 amide bonds. The predicted molar refractivity (Wildman–Crippen MR) is 106 cm³/mol. The Bertz CT molecular complexity index is 1080. The molecule has 1 heterocycles. The Balaban J connectivity index is 2.09. The van der Waals surface area contributed by atoms with Crippen LogP contribution in [0.4, 0.5) is 5.69 Å². The Morgan fingerprint density at radius 1 is 1.24 bits per heavy atom. The normalized spacial score (nSPS) is 17.0. The third-order valence-electron chi connectivity index (χ3n) is 4.61.